The molecule has 2 heterocycles. The summed E-state index contributed by atoms with van der Waals surface area (Å²) in [5.74, 6) is -0.0510. The van der Waals surface area contributed by atoms with Gasteiger partial charge in [-0.25, -0.2) is 14.9 Å². The minimum atomic E-state index is -0.514. The Hall–Kier alpha value is -2.90. The van der Waals surface area contributed by atoms with Crippen molar-refractivity contribution in [2.45, 2.75) is 31.7 Å². The van der Waals surface area contributed by atoms with Crippen LogP contribution >= 0.6 is 0 Å². The number of para-hydroxylation sites is 2. The maximum absolute atomic E-state index is 12.3. The maximum Gasteiger partial charge on any atom is 0.341 e. The largest absolute Gasteiger partial charge is 0.341 e. The first-order valence-corrected chi connectivity index (χ1v) is 7.65. The lowest BCUT2D eigenvalue weighted by Gasteiger charge is -2.16. The Morgan fingerprint density at radius 3 is 2.78 bits per heavy atom. The Kier molecular flexibility index (Phi) is 3.22. The second kappa shape index (κ2) is 5.38. The predicted molar refractivity (Wildman–Crippen MR) is 84.4 cm³/mol. The smallest absolute Gasteiger partial charge is 0.307 e. The van der Waals surface area contributed by atoms with Crippen LogP contribution < -0.4 is 11.0 Å². The highest BCUT2D eigenvalue weighted by molar-refractivity contribution is 6.01. The Morgan fingerprint density at radius 1 is 1.26 bits per heavy atom. The molecule has 0 aliphatic heterocycles. The SMILES string of the molecule is O=C(Nc1nc2ccccc2n1C1CCCC1)c1n[nH]c(=O)[nH]1. The molecule has 0 spiro atoms. The average molecular weight is 312 g/mol. The van der Waals surface area contributed by atoms with Gasteiger partial charge in [0.1, 0.15) is 0 Å². The number of nitrogens with one attached hydrogen (secondary N) is 3. The third kappa shape index (κ3) is 2.41. The molecule has 8 nitrogen and oxygen atoms in total. The summed E-state index contributed by atoms with van der Waals surface area (Å²) in [6.07, 6.45) is 4.50. The summed E-state index contributed by atoms with van der Waals surface area (Å²) < 4.78 is 2.09. The summed E-state index contributed by atoms with van der Waals surface area (Å²) in [4.78, 5) is 30.2. The van der Waals surface area contributed by atoms with Crippen LogP contribution in [0.2, 0.25) is 0 Å². The van der Waals surface area contributed by atoms with Crippen molar-refractivity contribution in [3.63, 3.8) is 0 Å². The van der Waals surface area contributed by atoms with Crippen LogP contribution in [0.1, 0.15) is 42.3 Å². The van der Waals surface area contributed by atoms with E-state index in [1.165, 1.54) is 12.8 Å². The maximum atomic E-state index is 12.3. The van der Waals surface area contributed by atoms with Gasteiger partial charge in [-0.05, 0) is 25.0 Å². The van der Waals surface area contributed by atoms with Crippen LogP contribution in [0.25, 0.3) is 11.0 Å². The van der Waals surface area contributed by atoms with Crippen LogP contribution in [0.4, 0.5) is 5.95 Å². The van der Waals surface area contributed by atoms with Gasteiger partial charge in [-0.1, -0.05) is 25.0 Å². The molecule has 2 aromatic heterocycles. The number of hydrogen-bond acceptors (Lipinski definition) is 4. The number of carbonyl (C=O) groups excluding carboxylic acids is 1. The van der Waals surface area contributed by atoms with Crippen molar-refractivity contribution in [2.24, 2.45) is 0 Å². The third-order valence-electron chi connectivity index (χ3n) is 4.23. The monoisotopic (exact) mass is 312 g/mol. The van der Waals surface area contributed by atoms with Crippen LogP contribution in [0, 0.1) is 0 Å². The highest BCUT2D eigenvalue weighted by Gasteiger charge is 2.24. The number of hydrogen-bond donors (Lipinski definition) is 3. The standard InChI is InChI=1S/C15H16N6O2/c22-13(12-17-15(23)20-19-12)18-14-16-10-7-3-4-8-11(10)21(14)9-5-1-2-6-9/h3-4,7-9H,1-2,5-6H2,(H,16,18,22)(H2,17,19,20,23). The van der Waals surface area contributed by atoms with E-state index >= 15 is 0 Å². The molecule has 0 saturated heterocycles. The average Bonchev–Trinajstić information content (AvgIpc) is 3.25. The number of imidazole rings is 1. The van der Waals surface area contributed by atoms with Crippen molar-refractivity contribution in [1.29, 1.82) is 0 Å². The van der Waals surface area contributed by atoms with E-state index in [1.807, 2.05) is 24.3 Å². The Morgan fingerprint density at radius 2 is 2.04 bits per heavy atom. The number of aromatic nitrogens is 5. The summed E-state index contributed by atoms with van der Waals surface area (Å²) in [5, 5.41) is 8.60. The molecule has 8 heteroatoms. The number of carbonyl (C=O) groups is 1. The zero-order valence-corrected chi connectivity index (χ0v) is 12.4. The first kappa shape index (κ1) is 13.7. The minimum absolute atomic E-state index is 0.0555. The number of nitrogens with zero attached hydrogens (tertiary/aromatic N) is 3. The summed E-state index contributed by atoms with van der Waals surface area (Å²) in [6, 6.07) is 8.15. The van der Waals surface area contributed by atoms with Crippen molar-refractivity contribution in [3.05, 3.63) is 40.6 Å². The van der Waals surface area contributed by atoms with Gasteiger partial charge in [0, 0.05) is 6.04 Å². The van der Waals surface area contributed by atoms with Gasteiger partial charge in [-0.2, -0.15) is 0 Å². The molecular weight excluding hydrogens is 296 g/mol. The molecule has 0 bridgehead atoms. The zero-order chi connectivity index (χ0) is 15.8. The molecule has 1 aromatic carbocycles. The van der Waals surface area contributed by atoms with Crippen molar-refractivity contribution >= 4 is 22.9 Å². The predicted octanol–water partition coefficient (Wildman–Crippen LogP) is 1.82. The number of H-pyrrole nitrogens is 2. The van der Waals surface area contributed by atoms with E-state index in [0.717, 1.165) is 23.9 Å². The molecule has 3 N–H and O–H groups in total. The fourth-order valence-corrected chi connectivity index (χ4v) is 3.20. The van der Waals surface area contributed by atoms with Crippen LogP contribution in [-0.2, 0) is 0 Å². The van der Waals surface area contributed by atoms with Gasteiger partial charge in [-0.15, -0.1) is 5.10 Å². The summed E-state index contributed by atoms with van der Waals surface area (Å²) in [7, 11) is 0. The van der Waals surface area contributed by atoms with Gasteiger partial charge in [0.05, 0.1) is 11.0 Å². The van der Waals surface area contributed by atoms with E-state index < -0.39 is 11.6 Å². The molecule has 1 aliphatic rings. The van der Waals surface area contributed by atoms with E-state index in [1.54, 1.807) is 0 Å². The van der Waals surface area contributed by atoms with Gasteiger partial charge in [0.15, 0.2) is 0 Å². The molecule has 0 unspecified atom stereocenters. The Bertz CT molecular complexity index is 915. The molecule has 0 atom stereocenters. The quantitative estimate of drug-likeness (QED) is 0.685. The molecular formula is C15H16N6O2. The molecule has 4 rings (SSSR count). The van der Waals surface area contributed by atoms with Crippen LogP contribution in [0.3, 0.4) is 0 Å². The zero-order valence-electron chi connectivity index (χ0n) is 12.4. The topological polar surface area (TPSA) is 108 Å². The van der Waals surface area contributed by atoms with Crippen molar-refractivity contribution in [3.8, 4) is 0 Å². The minimum Gasteiger partial charge on any atom is -0.307 e. The summed E-state index contributed by atoms with van der Waals surface area (Å²) >= 11 is 0. The second-order valence-electron chi connectivity index (χ2n) is 5.71. The van der Waals surface area contributed by atoms with E-state index in [4.69, 9.17) is 0 Å². The number of fused-ring (bicyclic) bond motifs is 1. The van der Waals surface area contributed by atoms with Gasteiger partial charge >= 0.3 is 5.69 Å². The normalized spacial score (nSPS) is 15.3. The molecule has 3 aromatic rings. The fourth-order valence-electron chi connectivity index (χ4n) is 3.20. The lowest BCUT2D eigenvalue weighted by Crippen LogP contribution is -2.19. The molecule has 0 radical (unpaired) electrons. The van der Waals surface area contributed by atoms with Crippen LogP contribution in [0.15, 0.2) is 29.1 Å². The molecule has 118 valence electrons. The third-order valence-corrected chi connectivity index (χ3v) is 4.23. The van der Waals surface area contributed by atoms with E-state index in [0.29, 0.717) is 12.0 Å². The second-order valence-corrected chi connectivity index (χ2v) is 5.71. The van der Waals surface area contributed by atoms with E-state index in [-0.39, 0.29) is 5.82 Å². The Labute approximate surface area is 130 Å². The lowest BCUT2D eigenvalue weighted by molar-refractivity contribution is 0.101. The van der Waals surface area contributed by atoms with Crippen molar-refractivity contribution < 1.29 is 4.79 Å². The molecule has 1 aliphatic carbocycles. The molecule has 1 amide bonds. The van der Waals surface area contributed by atoms with Crippen molar-refractivity contribution in [2.75, 3.05) is 5.32 Å². The molecule has 23 heavy (non-hydrogen) atoms. The van der Waals surface area contributed by atoms with Gasteiger partial charge < -0.3 is 4.57 Å². The summed E-state index contributed by atoms with van der Waals surface area (Å²) in [6.45, 7) is 0. The van der Waals surface area contributed by atoms with Gasteiger partial charge in [0.25, 0.3) is 5.91 Å². The number of rotatable bonds is 3. The first-order chi connectivity index (χ1) is 11.2. The first-order valence-electron chi connectivity index (χ1n) is 7.65. The van der Waals surface area contributed by atoms with Crippen LogP contribution in [0.5, 0.6) is 0 Å². The van der Waals surface area contributed by atoms with Crippen LogP contribution in [-0.4, -0.2) is 30.6 Å². The Balaban J connectivity index is 1.75. The van der Waals surface area contributed by atoms with Gasteiger partial charge in [-0.3, -0.25) is 15.1 Å². The molecule has 1 saturated carbocycles. The molecule has 1 fully saturated rings. The lowest BCUT2D eigenvalue weighted by atomic mass is 10.2. The number of aromatic amines is 2. The highest BCUT2D eigenvalue weighted by atomic mass is 16.2. The summed E-state index contributed by atoms with van der Waals surface area (Å²) in [5.41, 5.74) is 1.33. The van der Waals surface area contributed by atoms with Gasteiger partial charge in [0.2, 0.25) is 11.8 Å². The highest BCUT2D eigenvalue weighted by Crippen LogP contribution is 2.35. The van der Waals surface area contributed by atoms with E-state index in [9.17, 15) is 9.59 Å². The number of amides is 1. The number of benzene rings is 1. The van der Waals surface area contributed by atoms with E-state index in [2.05, 4.69) is 30.0 Å². The van der Waals surface area contributed by atoms with Crippen molar-refractivity contribution in [1.82, 2.24) is 24.7 Å². The fraction of sp³-hybridized carbons (Fsp3) is 0.333. The number of anilines is 1.